The van der Waals surface area contributed by atoms with E-state index in [0.29, 0.717) is 0 Å². The van der Waals surface area contributed by atoms with Gasteiger partial charge in [0.25, 0.3) is 0 Å². The van der Waals surface area contributed by atoms with Crippen molar-refractivity contribution in [3.8, 4) is 0 Å². The van der Waals surface area contributed by atoms with Crippen LogP contribution in [0.2, 0.25) is 0 Å². The van der Waals surface area contributed by atoms with E-state index in [1.165, 1.54) is 60.9 Å². The molecular weight excluding hydrogens is 318 g/mol. The zero-order chi connectivity index (χ0) is 19.6. The summed E-state index contributed by atoms with van der Waals surface area (Å²) >= 11 is 0. The predicted octanol–water partition coefficient (Wildman–Crippen LogP) is 7.11. The minimum atomic E-state index is 0.827. The number of unbranched alkanes of at least 4 members (excludes halogenated alkanes) is 5. The average molecular weight is 362 g/mol. The molecule has 2 heteroatoms. The summed E-state index contributed by atoms with van der Waals surface area (Å²) in [4.78, 5) is 0. The second-order valence-electron chi connectivity index (χ2n) is 7.59. The minimum Gasteiger partial charge on any atom is -0.388 e. The van der Waals surface area contributed by atoms with E-state index in [1.807, 2.05) is 6.08 Å². The molecule has 0 rings (SSSR count). The third-order valence-corrected chi connectivity index (χ3v) is 4.41. The van der Waals surface area contributed by atoms with Gasteiger partial charge < -0.3 is 10.1 Å². The molecule has 1 N–H and O–H groups in total. The Hall–Kier alpha value is -1.28. The van der Waals surface area contributed by atoms with E-state index < -0.39 is 0 Å². The Morgan fingerprint density at radius 2 is 1.50 bits per heavy atom. The molecule has 0 aliphatic rings. The Labute approximate surface area is 163 Å². The fraction of sp³-hybridized carbons (Fsp3) is 0.667. The lowest BCUT2D eigenvalue weighted by Crippen LogP contribution is -2.16. The summed E-state index contributed by atoms with van der Waals surface area (Å²) in [7, 11) is 0. The summed E-state index contributed by atoms with van der Waals surface area (Å²) < 4.78 is 5.61. The van der Waals surface area contributed by atoms with Crippen LogP contribution in [-0.4, -0.2) is 19.8 Å². The Kier molecular flexibility index (Phi) is 16.3. The summed E-state index contributed by atoms with van der Waals surface area (Å²) in [6, 6.07) is 0. The Morgan fingerprint density at radius 3 is 2.12 bits per heavy atom. The van der Waals surface area contributed by atoms with Crippen LogP contribution < -0.4 is 5.32 Å². The van der Waals surface area contributed by atoms with Gasteiger partial charge in [-0.25, -0.2) is 0 Å². The first-order valence-corrected chi connectivity index (χ1v) is 10.4. The molecule has 0 aromatic carbocycles. The van der Waals surface area contributed by atoms with E-state index in [9.17, 15) is 0 Å². The van der Waals surface area contributed by atoms with Crippen molar-refractivity contribution in [2.75, 3.05) is 19.8 Å². The zero-order valence-corrected chi connectivity index (χ0v) is 17.8. The van der Waals surface area contributed by atoms with Gasteiger partial charge in [-0.1, -0.05) is 55.1 Å². The van der Waals surface area contributed by atoms with Crippen molar-refractivity contribution in [3.05, 3.63) is 48.2 Å². The Balaban J connectivity index is 3.70. The van der Waals surface area contributed by atoms with Gasteiger partial charge in [-0.05, 0) is 59.3 Å². The van der Waals surface area contributed by atoms with Gasteiger partial charge >= 0.3 is 0 Å². The van der Waals surface area contributed by atoms with Gasteiger partial charge in [-0.2, -0.15) is 0 Å². The highest BCUT2D eigenvalue weighted by Crippen LogP contribution is 2.16. The maximum Gasteiger partial charge on any atom is 0.0502 e. The van der Waals surface area contributed by atoms with Gasteiger partial charge in [-0.15, -0.1) is 13.2 Å². The molecule has 0 aliphatic carbocycles. The first kappa shape index (κ1) is 24.7. The summed E-state index contributed by atoms with van der Waals surface area (Å²) in [6.45, 7) is 20.9. The van der Waals surface area contributed by atoms with Crippen molar-refractivity contribution in [1.82, 2.24) is 5.32 Å². The predicted molar refractivity (Wildman–Crippen MR) is 118 cm³/mol. The third kappa shape index (κ3) is 16.2. The molecule has 0 radical (unpaired) electrons. The van der Waals surface area contributed by atoms with Gasteiger partial charge in [0.2, 0.25) is 0 Å². The molecule has 26 heavy (non-hydrogen) atoms. The topological polar surface area (TPSA) is 21.3 Å². The molecule has 0 unspecified atom stereocenters. The van der Waals surface area contributed by atoms with E-state index in [0.717, 1.165) is 45.4 Å². The molecule has 0 spiro atoms. The highest BCUT2D eigenvalue weighted by molar-refractivity contribution is 5.16. The molecule has 0 fully saturated rings. The molecule has 0 bridgehead atoms. The molecule has 2 nitrogen and oxygen atoms in total. The lowest BCUT2D eigenvalue weighted by atomic mass is 10.0. The average Bonchev–Trinajstić information content (AvgIpc) is 2.57. The number of rotatable bonds is 18. The van der Waals surface area contributed by atoms with Crippen molar-refractivity contribution >= 4 is 0 Å². The van der Waals surface area contributed by atoms with Crippen LogP contribution in [0, 0.1) is 0 Å². The van der Waals surface area contributed by atoms with Gasteiger partial charge in [0.05, 0.1) is 6.61 Å². The molecule has 0 aliphatic heterocycles. The number of ether oxygens (including phenoxy) is 1. The fourth-order valence-corrected chi connectivity index (χ4v) is 2.88. The first-order valence-electron chi connectivity index (χ1n) is 10.4. The summed E-state index contributed by atoms with van der Waals surface area (Å²) in [5, 5.41) is 3.66. The molecule has 0 aromatic rings. The first-order chi connectivity index (χ1) is 12.5. The lowest BCUT2D eigenvalue weighted by Gasteiger charge is -2.15. The number of hydrogen-bond acceptors (Lipinski definition) is 2. The summed E-state index contributed by atoms with van der Waals surface area (Å²) in [6.07, 6.45) is 13.7. The largest absolute Gasteiger partial charge is 0.388 e. The van der Waals surface area contributed by atoms with E-state index >= 15 is 0 Å². The molecular formula is C24H43NO. The molecule has 0 saturated heterocycles. The summed E-state index contributed by atoms with van der Waals surface area (Å²) in [5.74, 6) is 0. The molecule has 0 amide bonds. The molecule has 0 aromatic heterocycles. The van der Waals surface area contributed by atoms with Gasteiger partial charge in [-0.3, -0.25) is 0 Å². The second-order valence-corrected chi connectivity index (χ2v) is 7.59. The monoisotopic (exact) mass is 361 g/mol. The molecule has 0 atom stereocenters. The summed E-state index contributed by atoms with van der Waals surface area (Å²) in [5.41, 5.74) is 5.24. The Bertz CT molecular complexity index is 433. The van der Waals surface area contributed by atoms with Crippen LogP contribution in [0.5, 0.6) is 0 Å². The SMILES string of the molecule is C=CCC/C(NCCCCCCCCOCCC(=C)C)=C(/C)CC(=C)C. The minimum absolute atomic E-state index is 0.827. The Morgan fingerprint density at radius 1 is 0.846 bits per heavy atom. The number of nitrogens with one attached hydrogen (secondary N) is 1. The van der Waals surface area contributed by atoms with Gasteiger partial charge in [0.15, 0.2) is 0 Å². The van der Waals surface area contributed by atoms with Crippen LogP contribution in [0.25, 0.3) is 0 Å². The van der Waals surface area contributed by atoms with Crippen molar-refractivity contribution in [1.29, 1.82) is 0 Å². The standard InChI is InChI=1S/C24H43NO/c1-7-8-15-24(23(6)20-22(4)5)25-17-13-11-9-10-12-14-18-26-19-16-21(2)3/h7,25H,1-2,4,8-20H2,3,5-6H3/b24-23+. The van der Waals surface area contributed by atoms with Crippen LogP contribution >= 0.6 is 0 Å². The molecule has 150 valence electrons. The van der Waals surface area contributed by atoms with E-state index in [2.05, 4.69) is 45.8 Å². The highest BCUT2D eigenvalue weighted by Gasteiger charge is 2.02. The van der Waals surface area contributed by atoms with E-state index in [-0.39, 0.29) is 0 Å². The molecule has 0 saturated carbocycles. The quantitative estimate of drug-likeness (QED) is 0.207. The normalized spacial score (nSPS) is 11.8. The maximum absolute atomic E-state index is 5.61. The van der Waals surface area contributed by atoms with E-state index in [4.69, 9.17) is 4.74 Å². The zero-order valence-electron chi connectivity index (χ0n) is 17.8. The van der Waals surface area contributed by atoms with E-state index in [1.54, 1.807) is 0 Å². The molecule has 0 heterocycles. The van der Waals surface area contributed by atoms with Gasteiger partial charge in [0.1, 0.15) is 0 Å². The van der Waals surface area contributed by atoms with Crippen molar-refractivity contribution in [2.24, 2.45) is 0 Å². The van der Waals surface area contributed by atoms with Crippen LogP contribution in [0.15, 0.2) is 48.2 Å². The fourth-order valence-electron chi connectivity index (χ4n) is 2.88. The maximum atomic E-state index is 5.61. The lowest BCUT2D eigenvalue weighted by molar-refractivity contribution is 0.133. The number of allylic oxidation sites excluding steroid dienone is 4. The van der Waals surface area contributed by atoms with Gasteiger partial charge in [0, 0.05) is 18.8 Å². The van der Waals surface area contributed by atoms with Crippen molar-refractivity contribution in [3.63, 3.8) is 0 Å². The van der Waals surface area contributed by atoms with Crippen molar-refractivity contribution in [2.45, 2.75) is 85.0 Å². The highest BCUT2D eigenvalue weighted by atomic mass is 16.5. The second kappa shape index (κ2) is 17.1. The van der Waals surface area contributed by atoms with Crippen molar-refractivity contribution < 1.29 is 4.74 Å². The van der Waals surface area contributed by atoms with Crippen LogP contribution in [0.4, 0.5) is 0 Å². The van der Waals surface area contributed by atoms with Crippen LogP contribution in [0.3, 0.4) is 0 Å². The van der Waals surface area contributed by atoms with Crippen LogP contribution in [-0.2, 0) is 4.74 Å². The smallest absolute Gasteiger partial charge is 0.0502 e. The third-order valence-electron chi connectivity index (χ3n) is 4.41. The number of hydrogen-bond donors (Lipinski definition) is 1. The van der Waals surface area contributed by atoms with Crippen LogP contribution in [0.1, 0.15) is 85.0 Å².